The van der Waals surface area contributed by atoms with Crippen molar-refractivity contribution in [2.75, 3.05) is 13.1 Å². The van der Waals surface area contributed by atoms with Crippen LogP contribution >= 0.6 is 0 Å². The van der Waals surface area contributed by atoms with Gasteiger partial charge in [0.15, 0.2) is 0 Å². The van der Waals surface area contributed by atoms with Gasteiger partial charge < -0.3 is 27.0 Å². The van der Waals surface area contributed by atoms with Crippen molar-refractivity contribution in [1.82, 2.24) is 0 Å². The number of aliphatic carboxylic acids is 1. The molecule has 76 valence electrons. The maximum atomic E-state index is 10.9. The number of ether oxygens (including phenoxy) is 1. The molecule has 0 aromatic carbocycles. The predicted molar refractivity (Wildman–Crippen MR) is 43.6 cm³/mol. The molecular formula is C6H13N3O4. The Hall–Kier alpha value is -1.18. The van der Waals surface area contributed by atoms with Crippen molar-refractivity contribution in [2.24, 2.45) is 17.2 Å². The lowest BCUT2D eigenvalue weighted by Crippen LogP contribution is -2.44. The summed E-state index contributed by atoms with van der Waals surface area (Å²) in [7, 11) is 0. The molecule has 0 rings (SSSR count). The fourth-order valence-corrected chi connectivity index (χ4v) is 0.523. The summed E-state index contributed by atoms with van der Waals surface area (Å²) in [5.74, 6) is -2.17. The zero-order valence-electron chi connectivity index (χ0n) is 6.97. The summed E-state index contributed by atoms with van der Waals surface area (Å²) in [6, 6.07) is -1.01. The molecule has 0 radical (unpaired) electrons. The lowest BCUT2D eigenvalue weighted by molar-refractivity contribution is -0.163. The van der Waals surface area contributed by atoms with Crippen molar-refractivity contribution >= 4 is 11.9 Å². The SMILES string of the molecule is NCC(N)C(=O)OC(CN)C(=O)O. The van der Waals surface area contributed by atoms with Gasteiger partial charge in [-0.05, 0) is 0 Å². The molecule has 0 aliphatic carbocycles. The first-order valence-electron chi connectivity index (χ1n) is 3.62. The Bertz CT molecular complexity index is 196. The van der Waals surface area contributed by atoms with E-state index in [0.717, 1.165) is 0 Å². The molecule has 0 aromatic heterocycles. The molecule has 0 spiro atoms. The number of carbonyl (C=O) groups excluding carboxylic acids is 1. The summed E-state index contributed by atoms with van der Waals surface area (Å²) in [5.41, 5.74) is 15.3. The van der Waals surface area contributed by atoms with Gasteiger partial charge in [0.05, 0.1) is 0 Å². The minimum atomic E-state index is -1.36. The molecule has 7 heteroatoms. The molecule has 2 atom stereocenters. The van der Waals surface area contributed by atoms with Crippen LogP contribution in [0.2, 0.25) is 0 Å². The number of nitrogens with two attached hydrogens (primary N) is 3. The molecular weight excluding hydrogens is 178 g/mol. The fourth-order valence-electron chi connectivity index (χ4n) is 0.523. The van der Waals surface area contributed by atoms with Crippen molar-refractivity contribution < 1.29 is 19.4 Å². The Kier molecular flexibility index (Phi) is 4.97. The molecule has 0 amide bonds. The van der Waals surface area contributed by atoms with Gasteiger partial charge in [-0.25, -0.2) is 4.79 Å². The van der Waals surface area contributed by atoms with Gasteiger partial charge >= 0.3 is 11.9 Å². The van der Waals surface area contributed by atoms with E-state index in [-0.39, 0.29) is 13.1 Å². The first-order chi connectivity index (χ1) is 6.02. The first-order valence-corrected chi connectivity index (χ1v) is 3.62. The summed E-state index contributed by atoms with van der Waals surface area (Å²) in [5, 5.41) is 8.45. The molecule has 13 heavy (non-hydrogen) atoms. The number of carboxylic acids is 1. The largest absolute Gasteiger partial charge is 0.478 e. The highest BCUT2D eigenvalue weighted by Gasteiger charge is 2.23. The van der Waals surface area contributed by atoms with E-state index in [0.29, 0.717) is 0 Å². The van der Waals surface area contributed by atoms with E-state index in [1.165, 1.54) is 0 Å². The molecule has 7 nitrogen and oxygen atoms in total. The number of esters is 1. The lowest BCUT2D eigenvalue weighted by Gasteiger charge is -2.14. The van der Waals surface area contributed by atoms with Gasteiger partial charge in [-0.3, -0.25) is 4.79 Å². The van der Waals surface area contributed by atoms with E-state index in [9.17, 15) is 9.59 Å². The highest BCUT2D eigenvalue weighted by molar-refractivity contribution is 5.81. The normalized spacial score (nSPS) is 14.7. The molecule has 0 saturated carbocycles. The number of hydrogen-bond donors (Lipinski definition) is 4. The zero-order chi connectivity index (χ0) is 10.4. The van der Waals surface area contributed by atoms with E-state index >= 15 is 0 Å². The zero-order valence-corrected chi connectivity index (χ0v) is 6.97. The number of hydrogen-bond acceptors (Lipinski definition) is 6. The van der Waals surface area contributed by atoms with Gasteiger partial charge in [-0.1, -0.05) is 0 Å². The Labute approximate surface area is 74.8 Å². The van der Waals surface area contributed by atoms with Gasteiger partial charge in [0.2, 0.25) is 6.10 Å². The van der Waals surface area contributed by atoms with Crippen molar-refractivity contribution in [1.29, 1.82) is 0 Å². The molecule has 0 aromatic rings. The summed E-state index contributed by atoms with van der Waals surface area (Å²) in [6.07, 6.45) is -1.36. The summed E-state index contributed by atoms with van der Waals surface area (Å²) >= 11 is 0. The van der Waals surface area contributed by atoms with Crippen LogP contribution in [-0.4, -0.2) is 42.3 Å². The highest BCUT2D eigenvalue weighted by Crippen LogP contribution is 1.93. The monoisotopic (exact) mass is 191 g/mol. The number of carbonyl (C=O) groups is 2. The van der Waals surface area contributed by atoms with Crippen LogP contribution in [0.25, 0.3) is 0 Å². The van der Waals surface area contributed by atoms with Crippen molar-refractivity contribution in [3.8, 4) is 0 Å². The van der Waals surface area contributed by atoms with E-state index in [4.69, 9.17) is 22.3 Å². The summed E-state index contributed by atoms with van der Waals surface area (Å²) in [4.78, 5) is 21.2. The quantitative estimate of drug-likeness (QED) is 0.344. The Morgan fingerprint density at radius 2 is 1.85 bits per heavy atom. The molecule has 0 heterocycles. The van der Waals surface area contributed by atoms with Gasteiger partial charge in [0.1, 0.15) is 6.04 Å². The lowest BCUT2D eigenvalue weighted by atomic mass is 10.3. The molecule has 0 aliphatic heterocycles. The maximum absolute atomic E-state index is 10.9. The second-order valence-electron chi connectivity index (χ2n) is 2.34. The maximum Gasteiger partial charge on any atom is 0.346 e. The van der Waals surface area contributed by atoms with Crippen LogP contribution in [0.15, 0.2) is 0 Å². The molecule has 2 unspecified atom stereocenters. The van der Waals surface area contributed by atoms with E-state index in [2.05, 4.69) is 4.74 Å². The van der Waals surface area contributed by atoms with Crippen LogP contribution in [-0.2, 0) is 14.3 Å². The van der Waals surface area contributed by atoms with Crippen molar-refractivity contribution in [3.05, 3.63) is 0 Å². The smallest absolute Gasteiger partial charge is 0.346 e. The van der Waals surface area contributed by atoms with Gasteiger partial charge in [-0.2, -0.15) is 0 Å². The Morgan fingerprint density at radius 3 is 2.15 bits per heavy atom. The standard InChI is InChI=1S/C6H13N3O4/c7-1-3(9)6(12)13-4(2-8)5(10)11/h3-4H,1-2,7-9H2,(H,10,11). The third kappa shape index (κ3) is 3.83. The predicted octanol–water partition coefficient (Wildman–Crippen LogP) is -2.77. The number of carboxylic acid groups (broad SMARTS) is 1. The molecule has 7 N–H and O–H groups in total. The first kappa shape index (κ1) is 11.8. The summed E-state index contributed by atoms with van der Waals surface area (Å²) in [6.45, 7) is -0.395. The molecule has 0 bridgehead atoms. The minimum absolute atomic E-state index is 0.101. The molecule has 0 aliphatic rings. The molecule has 0 saturated heterocycles. The van der Waals surface area contributed by atoms with Gasteiger partial charge in [-0.15, -0.1) is 0 Å². The van der Waals surface area contributed by atoms with Gasteiger partial charge in [0, 0.05) is 13.1 Å². The van der Waals surface area contributed by atoms with Crippen LogP contribution in [0.4, 0.5) is 0 Å². The van der Waals surface area contributed by atoms with E-state index < -0.39 is 24.1 Å². The highest BCUT2D eigenvalue weighted by atomic mass is 16.6. The number of rotatable bonds is 5. The molecule has 0 fully saturated rings. The van der Waals surface area contributed by atoms with Crippen LogP contribution in [0.5, 0.6) is 0 Å². The van der Waals surface area contributed by atoms with Gasteiger partial charge in [0.25, 0.3) is 0 Å². The van der Waals surface area contributed by atoms with Crippen molar-refractivity contribution in [3.63, 3.8) is 0 Å². The summed E-state index contributed by atoms with van der Waals surface area (Å²) < 4.78 is 4.45. The van der Waals surface area contributed by atoms with E-state index in [1.807, 2.05) is 0 Å². The second kappa shape index (κ2) is 5.46. The van der Waals surface area contributed by atoms with E-state index in [1.54, 1.807) is 0 Å². The average molecular weight is 191 g/mol. The van der Waals surface area contributed by atoms with Crippen molar-refractivity contribution in [2.45, 2.75) is 12.1 Å². The topological polar surface area (TPSA) is 142 Å². The van der Waals surface area contributed by atoms with Crippen LogP contribution in [0, 0.1) is 0 Å². The van der Waals surface area contributed by atoms with Crippen LogP contribution in [0.1, 0.15) is 0 Å². The third-order valence-electron chi connectivity index (χ3n) is 1.30. The van der Waals surface area contributed by atoms with Crippen LogP contribution in [0.3, 0.4) is 0 Å². The van der Waals surface area contributed by atoms with Crippen LogP contribution < -0.4 is 17.2 Å². The average Bonchev–Trinajstić information content (AvgIpc) is 2.11. The second-order valence-corrected chi connectivity index (χ2v) is 2.34. The fraction of sp³-hybridized carbons (Fsp3) is 0.667. The Morgan fingerprint density at radius 1 is 1.31 bits per heavy atom. The Balaban J connectivity index is 4.09. The third-order valence-corrected chi connectivity index (χ3v) is 1.30. The minimum Gasteiger partial charge on any atom is -0.478 e.